The van der Waals surface area contributed by atoms with E-state index in [1.54, 1.807) is 25.3 Å². The Hall–Kier alpha value is -2.50. The Balaban J connectivity index is 2.18. The Labute approximate surface area is 115 Å². The number of benzene rings is 1. The zero-order chi connectivity index (χ0) is 14.7. The van der Waals surface area contributed by atoms with Gasteiger partial charge in [0.15, 0.2) is 0 Å². The average molecular weight is 275 g/mol. The third-order valence-electron chi connectivity index (χ3n) is 3.00. The molecule has 2 aromatic rings. The average Bonchev–Trinajstić information content (AvgIpc) is 2.38. The van der Waals surface area contributed by atoms with E-state index in [9.17, 15) is 14.5 Å². The second-order valence-electron chi connectivity index (χ2n) is 4.56. The second kappa shape index (κ2) is 5.64. The smallest absolute Gasteiger partial charge is 0.272 e. The lowest BCUT2D eigenvalue weighted by molar-refractivity contribution is -0.385. The maximum atomic E-state index is 13.1. The van der Waals surface area contributed by atoms with Crippen LogP contribution in [-0.4, -0.2) is 9.91 Å². The van der Waals surface area contributed by atoms with Crippen LogP contribution in [0.1, 0.15) is 24.1 Å². The van der Waals surface area contributed by atoms with E-state index in [-0.39, 0.29) is 11.7 Å². The van der Waals surface area contributed by atoms with Crippen LogP contribution in [-0.2, 0) is 0 Å². The molecule has 6 heteroatoms. The summed E-state index contributed by atoms with van der Waals surface area (Å²) >= 11 is 0. The normalized spacial score (nSPS) is 11.9. The number of aryl methyl sites for hydroxylation is 1. The number of rotatable bonds is 4. The molecule has 1 aromatic carbocycles. The Kier molecular flexibility index (Phi) is 3.93. The van der Waals surface area contributed by atoms with Crippen LogP contribution in [0, 0.1) is 22.9 Å². The van der Waals surface area contributed by atoms with Gasteiger partial charge in [-0.25, -0.2) is 4.39 Å². The van der Waals surface area contributed by atoms with Crippen molar-refractivity contribution in [2.75, 3.05) is 5.32 Å². The third-order valence-corrected chi connectivity index (χ3v) is 3.00. The summed E-state index contributed by atoms with van der Waals surface area (Å²) in [5, 5.41) is 13.9. The van der Waals surface area contributed by atoms with Crippen molar-refractivity contribution in [1.29, 1.82) is 0 Å². The van der Waals surface area contributed by atoms with Gasteiger partial charge in [0.1, 0.15) is 5.82 Å². The fourth-order valence-electron chi connectivity index (χ4n) is 1.95. The molecule has 0 aliphatic heterocycles. The van der Waals surface area contributed by atoms with Gasteiger partial charge < -0.3 is 5.32 Å². The van der Waals surface area contributed by atoms with Crippen LogP contribution in [0.2, 0.25) is 0 Å². The van der Waals surface area contributed by atoms with E-state index in [0.717, 1.165) is 11.9 Å². The highest BCUT2D eigenvalue weighted by molar-refractivity contribution is 5.54. The minimum Gasteiger partial charge on any atom is -0.378 e. The number of nitro groups is 1. The quantitative estimate of drug-likeness (QED) is 0.683. The molecule has 0 saturated heterocycles. The number of hydrogen-bond donors (Lipinski definition) is 1. The predicted molar refractivity (Wildman–Crippen MR) is 74.1 cm³/mol. The monoisotopic (exact) mass is 275 g/mol. The van der Waals surface area contributed by atoms with Crippen molar-refractivity contribution in [1.82, 2.24) is 4.98 Å². The predicted octanol–water partition coefficient (Wildman–Crippen LogP) is 3.61. The first-order valence-electron chi connectivity index (χ1n) is 6.09. The van der Waals surface area contributed by atoms with Gasteiger partial charge in [-0.05, 0) is 37.6 Å². The molecule has 1 unspecified atom stereocenters. The summed E-state index contributed by atoms with van der Waals surface area (Å²) < 4.78 is 13.1. The lowest BCUT2D eigenvalue weighted by Crippen LogP contribution is -2.07. The van der Waals surface area contributed by atoms with E-state index in [0.29, 0.717) is 11.1 Å². The third kappa shape index (κ3) is 3.09. The van der Waals surface area contributed by atoms with Crippen LogP contribution in [0.3, 0.4) is 0 Å². The Morgan fingerprint density at radius 1 is 1.35 bits per heavy atom. The van der Waals surface area contributed by atoms with Gasteiger partial charge in [0, 0.05) is 23.5 Å². The number of nitrogens with one attached hydrogen (secondary N) is 1. The van der Waals surface area contributed by atoms with Crippen molar-refractivity contribution in [3.8, 4) is 0 Å². The molecule has 0 radical (unpaired) electrons. The fraction of sp³-hybridized carbons (Fsp3) is 0.214. The molecular formula is C14H14FN3O2. The zero-order valence-electron chi connectivity index (χ0n) is 11.1. The maximum Gasteiger partial charge on any atom is 0.272 e. The largest absolute Gasteiger partial charge is 0.378 e. The summed E-state index contributed by atoms with van der Waals surface area (Å²) in [6.07, 6.45) is 2.73. The molecule has 0 amide bonds. The first-order valence-corrected chi connectivity index (χ1v) is 6.09. The van der Waals surface area contributed by atoms with Gasteiger partial charge in [0.05, 0.1) is 17.2 Å². The minimum absolute atomic E-state index is 0.0793. The SMILES string of the molecule is Cc1cc(NC(C)c2cncc(F)c2)ccc1[N+](=O)[O-]. The van der Waals surface area contributed by atoms with Gasteiger partial charge in [0.25, 0.3) is 5.69 Å². The van der Waals surface area contributed by atoms with Gasteiger partial charge in [-0.1, -0.05) is 0 Å². The van der Waals surface area contributed by atoms with Crippen molar-refractivity contribution >= 4 is 11.4 Å². The molecule has 0 spiro atoms. The second-order valence-corrected chi connectivity index (χ2v) is 4.56. The molecule has 0 fully saturated rings. The summed E-state index contributed by atoms with van der Waals surface area (Å²) in [7, 11) is 0. The number of pyridine rings is 1. The number of halogens is 1. The van der Waals surface area contributed by atoms with Crippen molar-refractivity contribution < 1.29 is 9.31 Å². The lowest BCUT2D eigenvalue weighted by atomic mass is 10.1. The van der Waals surface area contributed by atoms with E-state index >= 15 is 0 Å². The summed E-state index contributed by atoms with van der Waals surface area (Å²) in [5.41, 5.74) is 2.10. The minimum atomic E-state index is -0.418. The molecule has 0 bridgehead atoms. The van der Waals surface area contributed by atoms with E-state index in [4.69, 9.17) is 0 Å². The number of anilines is 1. The summed E-state index contributed by atoms with van der Waals surface area (Å²) in [5.74, 6) is -0.393. The molecule has 2 rings (SSSR count). The molecule has 1 heterocycles. The Morgan fingerprint density at radius 3 is 2.70 bits per heavy atom. The van der Waals surface area contributed by atoms with E-state index in [1.165, 1.54) is 12.1 Å². The van der Waals surface area contributed by atoms with Crippen LogP contribution in [0.5, 0.6) is 0 Å². The van der Waals surface area contributed by atoms with Gasteiger partial charge in [0.2, 0.25) is 0 Å². The molecule has 1 aromatic heterocycles. The first-order chi connectivity index (χ1) is 9.47. The number of nitro benzene ring substituents is 1. The highest BCUT2D eigenvalue weighted by Gasteiger charge is 2.12. The van der Waals surface area contributed by atoms with Crippen LogP contribution < -0.4 is 5.32 Å². The number of aromatic nitrogens is 1. The van der Waals surface area contributed by atoms with Crippen molar-refractivity contribution in [2.45, 2.75) is 19.9 Å². The zero-order valence-corrected chi connectivity index (χ0v) is 11.1. The fourth-order valence-corrected chi connectivity index (χ4v) is 1.95. The summed E-state index contributed by atoms with van der Waals surface area (Å²) in [6, 6.07) is 6.03. The molecule has 0 saturated carbocycles. The first kappa shape index (κ1) is 13.9. The molecule has 0 aliphatic carbocycles. The standard InChI is InChI=1S/C14H14FN3O2/c1-9-5-13(3-4-14(9)18(19)20)17-10(2)11-6-12(15)8-16-7-11/h3-8,10,17H,1-2H3. The van der Waals surface area contributed by atoms with E-state index in [2.05, 4.69) is 10.3 Å². The molecule has 104 valence electrons. The highest BCUT2D eigenvalue weighted by atomic mass is 19.1. The molecular weight excluding hydrogens is 261 g/mol. The molecule has 1 N–H and O–H groups in total. The highest BCUT2D eigenvalue weighted by Crippen LogP contribution is 2.24. The summed E-state index contributed by atoms with van der Waals surface area (Å²) in [4.78, 5) is 14.1. The maximum absolute atomic E-state index is 13.1. The van der Waals surface area contributed by atoms with Crippen LogP contribution in [0.25, 0.3) is 0 Å². The van der Waals surface area contributed by atoms with Crippen LogP contribution in [0.4, 0.5) is 15.8 Å². The Bertz CT molecular complexity index is 646. The summed E-state index contributed by atoms with van der Waals surface area (Å²) in [6.45, 7) is 3.55. The van der Waals surface area contributed by atoms with Crippen LogP contribution in [0.15, 0.2) is 36.7 Å². The molecule has 0 aliphatic rings. The molecule has 5 nitrogen and oxygen atoms in total. The van der Waals surface area contributed by atoms with E-state index in [1.807, 2.05) is 6.92 Å². The van der Waals surface area contributed by atoms with Gasteiger partial charge >= 0.3 is 0 Å². The van der Waals surface area contributed by atoms with Gasteiger partial charge in [-0.15, -0.1) is 0 Å². The number of nitrogens with zero attached hydrogens (tertiary/aromatic N) is 2. The van der Waals surface area contributed by atoms with Gasteiger partial charge in [-0.2, -0.15) is 0 Å². The van der Waals surface area contributed by atoms with Gasteiger partial charge in [-0.3, -0.25) is 15.1 Å². The number of hydrogen-bond acceptors (Lipinski definition) is 4. The van der Waals surface area contributed by atoms with Crippen molar-refractivity contribution in [3.63, 3.8) is 0 Å². The van der Waals surface area contributed by atoms with Crippen LogP contribution >= 0.6 is 0 Å². The van der Waals surface area contributed by atoms with Crippen molar-refractivity contribution in [2.24, 2.45) is 0 Å². The Morgan fingerprint density at radius 2 is 2.10 bits per heavy atom. The lowest BCUT2D eigenvalue weighted by Gasteiger charge is -2.15. The van der Waals surface area contributed by atoms with Crippen molar-refractivity contribution in [3.05, 3.63) is 63.7 Å². The van der Waals surface area contributed by atoms with E-state index < -0.39 is 10.7 Å². The topological polar surface area (TPSA) is 68.1 Å². The molecule has 1 atom stereocenters. The molecule has 20 heavy (non-hydrogen) atoms.